The molecule has 156 valence electrons. The number of carbonyl (C=O) groups excluding carboxylic acids is 1. The van der Waals surface area contributed by atoms with Crippen LogP contribution in [0.15, 0.2) is 42.5 Å². The number of anilines is 1. The second-order valence-electron chi connectivity index (χ2n) is 6.61. The highest BCUT2D eigenvalue weighted by molar-refractivity contribution is 5.96. The molecule has 0 atom stereocenters. The highest BCUT2D eigenvalue weighted by Gasteiger charge is 2.15. The molecule has 0 heterocycles. The summed E-state index contributed by atoms with van der Waals surface area (Å²) in [7, 11) is 0. The second kappa shape index (κ2) is 11.6. The largest absolute Gasteiger partial charge is 0.505 e. The maximum absolute atomic E-state index is 12.0. The van der Waals surface area contributed by atoms with E-state index < -0.39 is 17.8 Å². The molecular formula is C22H27NO6. The third-order valence-corrected chi connectivity index (χ3v) is 4.30. The van der Waals surface area contributed by atoms with Gasteiger partial charge in [0.1, 0.15) is 17.1 Å². The maximum Gasteiger partial charge on any atom is 0.417 e. The van der Waals surface area contributed by atoms with E-state index in [-0.39, 0.29) is 11.3 Å². The predicted molar refractivity (Wildman–Crippen MR) is 110 cm³/mol. The summed E-state index contributed by atoms with van der Waals surface area (Å²) in [5.41, 5.74) is -0.358. The molecule has 0 radical (unpaired) electrons. The molecule has 7 nitrogen and oxygen atoms in total. The van der Waals surface area contributed by atoms with Crippen molar-refractivity contribution in [1.29, 1.82) is 0 Å². The fourth-order valence-corrected chi connectivity index (χ4v) is 2.74. The molecule has 7 heteroatoms. The van der Waals surface area contributed by atoms with Gasteiger partial charge in [0.15, 0.2) is 5.75 Å². The van der Waals surface area contributed by atoms with Gasteiger partial charge in [-0.15, -0.1) is 0 Å². The van der Waals surface area contributed by atoms with Gasteiger partial charge in [-0.25, -0.2) is 9.59 Å². The van der Waals surface area contributed by atoms with Crippen LogP contribution in [0.1, 0.15) is 55.8 Å². The molecule has 0 unspecified atom stereocenters. The highest BCUT2D eigenvalue weighted by Crippen LogP contribution is 2.28. The minimum atomic E-state index is -1.30. The number of benzene rings is 2. The number of carbonyl (C=O) groups is 2. The van der Waals surface area contributed by atoms with Crippen molar-refractivity contribution in [3.05, 3.63) is 48.0 Å². The van der Waals surface area contributed by atoms with Gasteiger partial charge in [0.25, 0.3) is 0 Å². The molecule has 1 amide bonds. The summed E-state index contributed by atoms with van der Waals surface area (Å²) in [5, 5.41) is 21.2. The zero-order chi connectivity index (χ0) is 21.1. The highest BCUT2D eigenvalue weighted by atomic mass is 16.6. The maximum atomic E-state index is 12.0. The van der Waals surface area contributed by atoms with E-state index in [4.69, 9.17) is 14.6 Å². The Kier molecular flexibility index (Phi) is 8.82. The lowest BCUT2D eigenvalue weighted by Gasteiger charge is -2.10. The van der Waals surface area contributed by atoms with Crippen molar-refractivity contribution in [3.8, 4) is 17.2 Å². The Hall–Kier alpha value is -3.22. The van der Waals surface area contributed by atoms with Crippen molar-refractivity contribution >= 4 is 17.7 Å². The van der Waals surface area contributed by atoms with E-state index in [1.54, 1.807) is 24.3 Å². The van der Waals surface area contributed by atoms with Gasteiger partial charge in [-0.3, -0.25) is 5.32 Å². The molecule has 0 aliphatic carbocycles. The number of ether oxygens (including phenoxy) is 2. The molecule has 0 spiro atoms. The molecule has 2 aromatic rings. The van der Waals surface area contributed by atoms with Crippen molar-refractivity contribution in [2.75, 3.05) is 11.9 Å². The van der Waals surface area contributed by atoms with Crippen molar-refractivity contribution in [1.82, 2.24) is 0 Å². The summed E-state index contributed by atoms with van der Waals surface area (Å²) in [4.78, 5) is 23.0. The Morgan fingerprint density at radius 3 is 2.28 bits per heavy atom. The number of phenols is 1. The number of unbranched alkanes of at least 4 members (excludes halogenated alkanes) is 5. The fraction of sp³-hybridized carbons (Fsp3) is 0.364. The van der Waals surface area contributed by atoms with Crippen LogP contribution < -0.4 is 14.8 Å². The van der Waals surface area contributed by atoms with Crippen LogP contribution in [0.2, 0.25) is 0 Å². The number of hydrogen-bond acceptors (Lipinski definition) is 5. The SMILES string of the molecule is CCCCCCCCOc1ccc(OC(=O)Nc2cccc(C(=O)O)c2O)cc1. The van der Waals surface area contributed by atoms with Gasteiger partial charge in [0.05, 0.1) is 12.3 Å². The van der Waals surface area contributed by atoms with Gasteiger partial charge in [0.2, 0.25) is 0 Å². The van der Waals surface area contributed by atoms with Crippen LogP contribution in [-0.2, 0) is 0 Å². The molecule has 0 fully saturated rings. The molecule has 0 bridgehead atoms. The summed E-state index contributed by atoms with van der Waals surface area (Å²) >= 11 is 0. The van der Waals surface area contributed by atoms with E-state index in [0.29, 0.717) is 18.1 Å². The first-order chi connectivity index (χ1) is 14.0. The third kappa shape index (κ3) is 7.37. The van der Waals surface area contributed by atoms with E-state index >= 15 is 0 Å². The third-order valence-electron chi connectivity index (χ3n) is 4.30. The summed E-state index contributed by atoms with van der Waals surface area (Å²) in [6, 6.07) is 10.6. The van der Waals surface area contributed by atoms with Crippen LogP contribution >= 0.6 is 0 Å². The van der Waals surface area contributed by atoms with Gasteiger partial charge in [0, 0.05) is 0 Å². The van der Waals surface area contributed by atoms with Gasteiger partial charge in [-0.2, -0.15) is 0 Å². The van der Waals surface area contributed by atoms with Crippen LogP contribution in [0.5, 0.6) is 17.2 Å². The predicted octanol–water partition coefficient (Wildman–Crippen LogP) is 5.44. The lowest BCUT2D eigenvalue weighted by molar-refractivity contribution is 0.0693. The van der Waals surface area contributed by atoms with Gasteiger partial charge in [-0.05, 0) is 42.8 Å². The molecule has 0 aliphatic heterocycles. The first-order valence-corrected chi connectivity index (χ1v) is 9.78. The molecule has 0 saturated carbocycles. The monoisotopic (exact) mass is 401 g/mol. The zero-order valence-electron chi connectivity index (χ0n) is 16.5. The van der Waals surface area contributed by atoms with Crippen LogP contribution in [0.4, 0.5) is 10.5 Å². The van der Waals surface area contributed by atoms with Crippen LogP contribution in [-0.4, -0.2) is 28.9 Å². The lowest BCUT2D eigenvalue weighted by Crippen LogP contribution is -2.17. The van der Waals surface area contributed by atoms with E-state index in [9.17, 15) is 14.7 Å². The number of carboxylic acids is 1. The minimum absolute atomic E-state index is 0.0474. The Morgan fingerprint density at radius 1 is 0.931 bits per heavy atom. The van der Waals surface area contributed by atoms with Gasteiger partial charge in [-0.1, -0.05) is 45.1 Å². The Labute approximate surface area is 170 Å². The smallest absolute Gasteiger partial charge is 0.417 e. The number of aromatic hydroxyl groups is 1. The van der Waals surface area contributed by atoms with E-state index in [0.717, 1.165) is 12.8 Å². The topological polar surface area (TPSA) is 105 Å². The fourth-order valence-electron chi connectivity index (χ4n) is 2.74. The molecule has 2 rings (SSSR count). The first kappa shape index (κ1) is 22.1. The van der Waals surface area contributed by atoms with Crippen LogP contribution in [0, 0.1) is 0 Å². The van der Waals surface area contributed by atoms with Crippen molar-refractivity contribution in [3.63, 3.8) is 0 Å². The van der Waals surface area contributed by atoms with Gasteiger partial charge < -0.3 is 19.7 Å². The number of amides is 1. The summed E-state index contributed by atoms with van der Waals surface area (Å²) in [6.07, 6.45) is 6.32. The van der Waals surface area contributed by atoms with E-state index in [1.165, 1.54) is 43.9 Å². The number of nitrogens with one attached hydrogen (secondary N) is 1. The minimum Gasteiger partial charge on any atom is -0.505 e. The molecule has 0 aromatic heterocycles. The Bertz CT molecular complexity index is 803. The summed E-state index contributed by atoms with van der Waals surface area (Å²) < 4.78 is 10.8. The zero-order valence-corrected chi connectivity index (χ0v) is 16.5. The molecule has 0 aliphatic rings. The summed E-state index contributed by atoms with van der Waals surface area (Å²) in [5.74, 6) is -0.840. The number of hydrogen-bond donors (Lipinski definition) is 3. The molecule has 29 heavy (non-hydrogen) atoms. The molecule has 3 N–H and O–H groups in total. The van der Waals surface area contributed by atoms with Crippen molar-refractivity contribution in [2.45, 2.75) is 45.4 Å². The van der Waals surface area contributed by atoms with E-state index in [2.05, 4.69) is 12.2 Å². The number of carboxylic acid groups (broad SMARTS) is 1. The summed E-state index contributed by atoms with van der Waals surface area (Å²) in [6.45, 7) is 2.84. The van der Waals surface area contributed by atoms with Gasteiger partial charge >= 0.3 is 12.1 Å². The van der Waals surface area contributed by atoms with Crippen LogP contribution in [0.25, 0.3) is 0 Å². The number of para-hydroxylation sites is 1. The molecule has 0 saturated heterocycles. The molecular weight excluding hydrogens is 374 g/mol. The van der Waals surface area contributed by atoms with Crippen LogP contribution in [0.3, 0.4) is 0 Å². The first-order valence-electron chi connectivity index (χ1n) is 9.78. The molecule has 2 aromatic carbocycles. The normalized spacial score (nSPS) is 10.4. The van der Waals surface area contributed by atoms with E-state index in [1.807, 2.05) is 0 Å². The average molecular weight is 401 g/mol. The standard InChI is InChI=1S/C22H27NO6/c1-2-3-4-5-6-7-15-28-16-11-13-17(14-12-16)29-22(27)23-19-10-8-9-18(20(19)24)21(25)26/h8-14,24H,2-7,15H2,1H3,(H,23,27)(H,25,26). The Balaban J connectivity index is 1.78. The number of rotatable bonds is 11. The second-order valence-corrected chi connectivity index (χ2v) is 6.61. The van der Waals surface area contributed by atoms with Crippen molar-refractivity contribution in [2.24, 2.45) is 0 Å². The average Bonchev–Trinajstić information content (AvgIpc) is 2.70. The Morgan fingerprint density at radius 2 is 1.59 bits per heavy atom. The lowest BCUT2D eigenvalue weighted by atomic mass is 10.1. The number of aromatic carboxylic acids is 1. The van der Waals surface area contributed by atoms with Crippen molar-refractivity contribution < 1.29 is 29.3 Å². The quantitative estimate of drug-likeness (QED) is 0.342.